The van der Waals surface area contributed by atoms with E-state index in [1.807, 2.05) is 18.2 Å². The zero-order valence-corrected chi connectivity index (χ0v) is 10.5. The van der Waals surface area contributed by atoms with Gasteiger partial charge in [-0.15, -0.1) is 11.3 Å². The van der Waals surface area contributed by atoms with Crippen LogP contribution in [0, 0.1) is 0 Å². The zero-order chi connectivity index (χ0) is 11.7. The quantitative estimate of drug-likeness (QED) is 0.865. The summed E-state index contributed by atoms with van der Waals surface area (Å²) in [5.41, 5.74) is 8.20. The molecule has 1 aromatic heterocycles. The molecule has 2 N–H and O–H groups in total. The van der Waals surface area contributed by atoms with Crippen molar-refractivity contribution in [2.24, 2.45) is 0 Å². The largest absolute Gasteiger partial charge is 0.389 e. The highest BCUT2D eigenvalue weighted by molar-refractivity contribution is 7.16. The van der Waals surface area contributed by atoms with E-state index in [0.29, 0.717) is 5.92 Å². The molecular weight excluding hydrogens is 228 g/mol. The fraction of sp³-hybridized carbons (Fsp3) is 0.357. The van der Waals surface area contributed by atoms with Gasteiger partial charge in [0.2, 0.25) is 0 Å². The van der Waals surface area contributed by atoms with Crippen LogP contribution in [0.3, 0.4) is 0 Å². The summed E-state index contributed by atoms with van der Waals surface area (Å²) in [5.74, 6) is 0.653. The summed E-state index contributed by atoms with van der Waals surface area (Å²) >= 11 is 1.67. The number of nitrogens with zero attached hydrogens (tertiary/aromatic N) is 1. The van der Waals surface area contributed by atoms with Gasteiger partial charge in [-0.25, -0.2) is 4.98 Å². The summed E-state index contributed by atoms with van der Waals surface area (Å²) in [7, 11) is 0. The molecule has 0 bridgehead atoms. The fourth-order valence-electron chi connectivity index (χ4n) is 2.50. The van der Waals surface area contributed by atoms with Crippen LogP contribution in [0.5, 0.6) is 0 Å². The van der Waals surface area contributed by atoms with E-state index in [1.54, 1.807) is 11.3 Å². The Morgan fingerprint density at radius 2 is 1.82 bits per heavy atom. The van der Waals surface area contributed by atoms with E-state index in [0.717, 1.165) is 16.3 Å². The van der Waals surface area contributed by atoms with E-state index in [9.17, 15) is 0 Å². The van der Waals surface area contributed by atoms with E-state index >= 15 is 0 Å². The third-order valence-electron chi connectivity index (χ3n) is 3.42. The number of nitrogens with two attached hydrogens (primary N) is 1. The number of hydrogen-bond donors (Lipinski definition) is 1. The molecular formula is C14H16N2S. The molecule has 1 aliphatic carbocycles. The molecule has 0 unspecified atom stereocenters. The van der Waals surface area contributed by atoms with Crippen molar-refractivity contribution >= 4 is 16.3 Å². The van der Waals surface area contributed by atoms with Crippen LogP contribution in [0.15, 0.2) is 30.3 Å². The molecule has 0 radical (unpaired) electrons. The average Bonchev–Trinajstić information content (AvgIpc) is 2.99. The summed E-state index contributed by atoms with van der Waals surface area (Å²) in [5, 5.41) is 2.09. The minimum atomic E-state index is 0.653. The molecule has 1 aromatic carbocycles. The summed E-state index contributed by atoms with van der Waals surface area (Å²) in [4.78, 5) is 4.76. The standard InChI is InChI=1S/C14H16N2S/c15-13-12(10-6-2-1-3-7-10)16-14(17-13)11-8-4-5-9-11/h1-3,6-7,11H,4-5,8-9,15H2. The van der Waals surface area contributed by atoms with Crippen molar-refractivity contribution < 1.29 is 0 Å². The van der Waals surface area contributed by atoms with Crippen LogP contribution < -0.4 is 5.73 Å². The van der Waals surface area contributed by atoms with Crippen LogP contribution in [0.25, 0.3) is 11.3 Å². The van der Waals surface area contributed by atoms with Crippen LogP contribution in [0.4, 0.5) is 5.00 Å². The molecule has 1 saturated carbocycles. The first-order valence-electron chi connectivity index (χ1n) is 6.16. The molecule has 2 aromatic rings. The molecule has 2 nitrogen and oxygen atoms in total. The lowest BCUT2D eigenvalue weighted by molar-refractivity contribution is 0.717. The van der Waals surface area contributed by atoms with Crippen molar-refractivity contribution in [1.82, 2.24) is 4.98 Å². The van der Waals surface area contributed by atoms with Gasteiger partial charge in [0.25, 0.3) is 0 Å². The van der Waals surface area contributed by atoms with Gasteiger partial charge in [0.15, 0.2) is 0 Å². The highest BCUT2D eigenvalue weighted by Gasteiger charge is 2.22. The molecule has 0 amide bonds. The van der Waals surface area contributed by atoms with Gasteiger partial charge in [-0.3, -0.25) is 0 Å². The smallest absolute Gasteiger partial charge is 0.114 e. The third-order valence-corrected chi connectivity index (χ3v) is 4.47. The molecule has 0 spiro atoms. The van der Waals surface area contributed by atoms with E-state index in [2.05, 4.69) is 12.1 Å². The predicted octanol–water partition coefficient (Wildman–Crippen LogP) is 4.05. The SMILES string of the molecule is Nc1sc(C2CCCC2)nc1-c1ccccc1. The molecule has 3 rings (SSSR count). The van der Waals surface area contributed by atoms with Gasteiger partial charge in [0.1, 0.15) is 10.7 Å². The number of rotatable bonds is 2. The molecule has 1 fully saturated rings. The van der Waals surface area contributed by atoms with Gasteiger partial charge < -0.3 is 5.73 Å². The van der Waals surface area contributed by atoms with Crippen LogP contribution in [-0.2, 0) is 0 Å². The minimum absolute atomic E-state index is 0.653. The van der Waals surface area contributed by atoms with E-state index < -0.39 is 0 Å². The monoisotopic (exact) mass is 244 g/mol. The molecule has 1 heterocycles. The lowest BCUT2D eigenvalue weighted by Crippen LogP contribution is -1.90. The molecule has 3 heteroatoms. The molecule has 0 aliphatic heterocycles. The maximum absolute atomic E-state index is 6.10. The molecule has 0 atom stereocenters. The number of hydrogen-bond acceptors (Lipinski definition) is 3. The third kappa shape index (κ3) is 2.07. The average molecular weight is 244 g/mol. The van der Waals surface area contributed by atoms with E-state index in [1.165, 1.54) is 30.7 Å². The van der Waals surface area contributed by atoms with Crippen molar-refractivity contribution in [3.63, 3.8) is 0 Å². The summed E-state index contributed by atoms with van der Waals surface area (Å²) in [6, 6.07) is 10.2. The highest BCUT2D eigenvalue weighted by atomic mass is 32.1. The van der Waals surface area contributed by atoms with Crippen molar-refractivity contribution in [2.75, 3.05) is 5.73 Å². The molecule has 88 valence electrons. The highest BCUT2D eigenvalue weighted by Crippen LogP contribution is 2.40. The van der Waals surface area contributed by atoms with Gasteiger partial charge in [-0.05, 0) is 12.8 Å². The first-order chi connectivity index (χ1) is 8.34. The Morgan fingerprint density at radius 3 is 2.53 bits per heavy atom. The zero-order valence-electron chi connectivity index (χ0n) is 9.73. The number of anilines is 1. The van der Waals surface area contributed by atoms with Gasteiger partial charge in [0, 0.05) is 11.5 Å². The van der Waals surface area contributed by atoms with Crippen LogP contribution in [-0.4, -0.2) is 4.98 Å². The van der Waals surface area contributed by atoms with Crippen molar-refractivity contribution in [3.05, 3.63) is 35.3 Å². The van der Waals surface area contributed by atoms with Crippen LogP contribution in [0.1, 0.15) is 36.6 Å². The molecule has 1 aliphatic rings. The maximum Gasteiger partial charge on any atom is 0.114 e. The van der Waals surface area contributed by atoms with Crippen LogP contribution >= 0.6 is 11.3 Å². The lowest BCUT2D eigenvalue weighted by atomic mass is 10.1. The van der Waals surface area contributed by atoms with Gasteiger partial charge >= 0.3 is 0 Å². The first kappa shape index (κ1) is 10.8. The normalized spacial score (nSPS) is 16.5. The molecule has 0 saturated heterocycles. The van der Waals surface area contributed by atoms with Gasteiger partial charge in [0.05, 0.1) is 5.01 Å². The summed E-state index contributed by atoms with van der Waals surface area (Å²) in [6.07, 6.45) is 5.23. The number of benzene rings is 1. The Balaban J connectivity index is 1.96. The molecule has 17 heavy (non-hydrogen) atoms. The number of nitrogen functional groups attached to an aromatic ring is 1. The second kappa shape index (κ2) is 4.49. The Labute approximate surface area is 106 Å². The van der Waals surface area contributed by atoms with Crippen molar-refractivity contribution in [3.8, 4) is 11.3 Å². The Morgan fingerprint density at radius 1 is 1.12 bits per heavy atom. The number of thiazole rings is 1. The second-order valence-electron chi connectivity index (χ2n) is 4.61. The van der Waals surface area contributed by atoms with E-state index in [4.69, 9.17) is 10.7 Å². The van der Waals surface area contributed by atoms with Crippen molar-refractivity contribution in [1.29, 1.82) is 0 Å². The topological polar surface area (TPSA) is 38.9 Å². The van der Waals surface area contributed by atoms with Gasteiger partial charge in [-0.1, -0.05) is 43.2 Å². The van der Waals surface area contributed by atoms with Crippen LogP contribution in [0.2, 0.25) is 0 Å². The van der Waals surface area contributed by atoms with E-state index in [-0.39, 0.29) is 0 Å². The Bertz CT molecular complexity index is 498. The number of aromatic nitrogens is 1. The van der Waals surface area contributed by atoms with Gasteiger partial charge in [-0.2, -0.15) is 0 Å². The summed E-state index contributed by atoms with van der Waals surface area (Å²) < 4.78 is 0. The van der Waals surface area contributed by atoms with Crippen molar-refractivity contribution in [2.45, 2.75) is 31.6 Å². The fourth-order valence-corrected chi connectivity index (χ4v) is 3.52. The lowest BCUT2D eigenvalue weighted by Gasteiger charge is -2.02. The first-order valence-corrected chi connectivity index (χ1v) is 6.98. The second-order valence-corrected chi connectivity index (χ2v) is 5.67. The summed E-state index contributed by atoms with van der Waals surface area (Å²) in [6.45, 7) is 0. The Hall–Kier alpha value is -1.35. The predicted molar refractivity (Wildman–Crippen MR) is 73.2 cm³/mol. The minimum Gasteiger partial charge on any atom is -0.389 e. The Kier molecular flexibility index (Phi) is 2.85. The maximum atomic E-state index is 6.10.